The molecule has 0 bridgehead atoms. The fraction of sp³-hybridized carbons (Fsp3) is 0.400. The zero-order chi connectivity index (χ0) is 22.5. The summed E-state index contributed by atoms with van der Waals surface area (Å²) in [6.45, 7) is 6.79. The van der Waals surface area contributed by atoms with Gasteiger partial charge in [0.05, 0.1) is 11.9 Å². The van der Waals surface area contributed by atoms with Crippen molar-refractivity contribution in [1.82, 2.24) is 14.8 Å². The summed E-state index contributed by atoms with van der Waals surface area (Å²) in [5, 5.41) is 12.5. The normalized spacial score (nSPS) is 14.0. The van der Waals surface area contributed by atoms with Crippen molar-refractivity contribution in [2.75, 3.05) is 11.1 Å². The zero-order valence-corrected chi connectivity index (χ0v) is 19.7. The van der Waals surface area contributed by atoms with Crippen molar-refractivity contribution in [1.29, 1.82) is 0 Å². The van der Waals surface area contributed by atoms with Crippen LogP contribution < -0.4 is 10.1 Å². The van der Waals surface area contributed by atoms with Crippen LogP contribution in [-0.4, -0.2) is 32.5 Å². The molecule has 1 heterocycles. The first kappa shape index (κ1) is 22.4. The van der Waals surface area contributed by atoms with E-state index >= 15 is 0 Å². The lowest BCUT2D eigenvalue weighted by Gasteiger charge is -2.13. The number of aryl methyl sites for hydroxylation is 2. The number of amides is 1. The molecule has 7 heteroatoms. The van der Waals surface area contributed by atoms with Crippen molar-refractivity contribution in [3.63, 3.8) is 0 Å². The van der Waals surface area contributed by atoms with Crippen LogP contribution in [0, 0.1) is 13.8 Å². The molecule has 4 rings (SSSR count). The van der Waals surface area contributed by atoms with E-state index in [0.717, 1.165) is 58.5 Å². The molecule has 1 fully saturated rings. The highest BCUT2D eigenvalue weighted by molar-refractivity contribution is 7.99. The van der Waals surface area contributed by atoms with Gasteiger partial charge in [-0.05, 0) is 81.8 Å². The van der Waals surface area contributed by atoms with Gasteiger partial charge in [-0.15, -0.1) is 10.2 Å². The molecular weight excluding hydrogens is 420 g/mol. The molecule has 1 N–H and O–H groups in total. The predicted octanol–water partition coefficient (Wildman–Crippen LogP) is 5.63. The number of anilines is 1. The Morgan fingerprint density at radius 3 is 2.44 bits per heavy atom. The average Bonchev–Trinajstić information content (AvgIpc) is 3.45. The molecule has 3 aromatic rings. The van der Waals surface area contributed by atoms with E-state index in [1.807, 2.05) is 60.9 Å². The molecule has 0 unspecified atom stereocenters. The van der Waals surface area contributed by atoms with E-state index in [0.29, 0.717) is 6.10 Å². The first-order valence-electron chi connectivity index (χ1n) is 11.2. The number of carbonyl (C=O) groups is 1. The fourth-order valence-electron chi connectivity index (χ4n) is 4.09. The van der Waals surface area contributed by atoms with Gasteiger partial charge in [-0.25, -0.2) is 0 Å². The molecule has 1 aliphatic rings. The smallest absolute Gasteiger partial charge is 0.234 e. The minimum absolute atomic E-state index is 0.0481. The molecule has 1 aliphatic carbocycles. The fourth-order valence-corrected chi connectivity index (χ4v) is 4.89. The Labute approximate surface area is 193 Å². The molecule has 32 heavy (non-hydrogen) atoms. The summed E-state index contributed by atoms with van der Waals surface area (Å²) >= 11 is 1.40. The SMILES string of the molecule is CCn1c(SCC(=O)Nc2c(C)cccc2C)nnc1-c1ccc(OC2CCCC2)cc1. The molecule has 0 spiro atoms. The van der Waals surface area contributed by atoms with Crippen molar-refractivity contribution in [2.24, 2.45) is 0 Å². The summed E-state index contributed by atoms with van der Waals surface area (Å²) in [4.78, 5) is 12.5. The maximum absolute atomic E-state index is 12.5. The minimum atomic E-state index is -0.0481. The van der Waals surface area contributed by atoms with E-state index in [1.165, 1.54) is 24.6 Å². The van der Waals surface area contributed by atoms with Crippen molar-refractivity contribution in [2.45, 2.75) is 64.3 Å². The van der Waals surface area contributed by atoms with Crippen LogP contribution in [0.3, 0.4) is 0 Å². The molecule has 2 aromatic carbocycles. The van der Waals surface area contributed by atoms with E-state index in [4.69, 9.17) is 4.74 Å². The minimum Gasteiger partial charge on any atom is -0.490 e. The molecule has 6 nitrogen and oxygen atoms in total. The third-order valence-corrected chi connectivity index (χ3v) is 6.80. The van der Waals surface area contributed by atoms with Gasteiger partial charge in [0.2, 0.25) is 5.91 Å². The zero-order valence-electron chi connectivity index (χ0n) is 18.9. The topological polar surface area (TPSA) is 69.0 Å². The van der Waals surface area contributed by atoms with Gasteiger partial charge in [-0.1, -0.05) is 30.0 Å². The Kier molecular flexibility index (Phi) is 7.15. The average molecular weight is 451 g/mol. The molecule has 0 aliphatic heterocycles. The number of hydrogen-bond donors (Lipinski definition) is 1. The number of thioether (sulfide) groups is 1. The Morgan fingerprint density at radius 1 is 1.09 bits per heavy atom. The lowest BCUT2D eigenvalue weighted by Crippen LogP contribution is -2.16. The number of ether oxygens (including phenoxy) is 1. The van der Waals surface area contributed by atoms with Crippen LogP contribution in [0.15, 0.2) is 47.6 Å². The number of para-hydroxylation sites is 1. The maximum Gasteiger partial charge on any atom is 0.234 e. The van der Waals surface area contributed by atoms with Crippen molar-refractivity contribution in [3.8, 4) is 17.1 Å². The standard InChI is InChI=1S/C25H30N4O2S/c1-4-29-24(19-12-14-21(15-13-19)31-20-10-5-6-11-20)27-28-25(29)32-16-22(30)26-23-17(2)8-7-9-18(23)3/h7-9,12-15,20H,4-6,10-11,16H2,1-3H3,(H,26,30). The van der Waals surface area contributed by atoms with Gasteiger partial charge < -0.3 is 14.6 Å². The summed E-state index contributed by atoms with van der Waals surface area (Å²) in [5.41, 5.74) is 3.99. The lowest BCUT2D eigenvalue weighted by atomic mass is 10.1. The third-order valence-electron chi connectivity index (χ3n) is 5.83. The molecule has 0 atom stereocenters. The molecular formula is C25H30N4O2S. The molecule has 1 amide bonds. The summed E-state index contributed by atoms with van der Waals surface area (Å²) in [5.74, 6) is 1.94. The highest BCUT2D eigenvalue weighted by Crippen LogP contribution is 2.28. The van der Waals surface area contributed by atoms with E-state index in [2.05, 4.69) is 22.4 Å². The predicted molar refractivity (Wildman–Crippen MR) is 129 cm³/mol. The van der Waals surface area contributed by atoms with E-state index in [-0.39, 0.29) is 11.7 Å². The number of rotatable bonds is 8. The number of benzene rings is 2. The lowest BCUT2D eigenvalue weighted by molar-refractivity contribution is -0.113. The van der Waals surface area contributed by atoms with Crippen LogP contribution in [0.2, 0.25) is 0 Å². The highest BCUT2D eigenvalue weighted by atomic mass is 32.2. The third kappa shape index (κ3) is 5.15. The second-order valence-corrected chi connectivity index (χ2v) is 9.15. The molecule has 0 saturated heterocycles. The van der Waals surface area contributed by atoms with Gasteiger partial charge in [-0.2, -0.15) is 0 Å². The number of hydrogen-bond acceptors (Lipinski definition) is 5. The summed E-state index contributed by atoms with van der Waals surface area (Å²) in [7, 11) is 0. The Morgan fingerprint density at radius 2 is 1.78 bits per heavy atom. The molecule has 1 saturated carbocycles. The van der Waals surface area contributed by atoms with Gasteiger partial charge in [-0.3, -0.25) is 4.79 Å². The van der Waals surface area contributed by atoms with Crippen LogP contribution in [0.5, 0.6) is 5.75 Å². The maximum atomic E-state index is 12.5. The quantitative estimate of drug-likeness (QED) is 0.450. The Hall–Kier alpha value is -2.80. The Balaban J connectivity index is 1.41. The second kappa shape index (κ2) is 10.2. The summed E-state index contributed by atoms with van der Waals surface area (Å²) in [6.07, 6.45) is 5.14. The summed E-state index contributed by atoms with van der Waals surface area (Å²) < 4.78 is 8.11. The molecule has 1 aromatic heterocycles. The van der Waals surface area contributed by atoms with Crippen molar-refractivity contribution < 1.29 is 9.53 Å². The van der Waals surface area contributed by atoms with E-state index in [9.17, 15) is 4.79 Å². The van der Waals surface area contributed by atoms with Gasteiger partial charge in [0, 0.05) is 17.8 Å². The number of nitrogens with zero attached hydrogens (tertiary/aromatic N) is 3. The van der Waals surface area contributed by atoms with Gasteiger partial charge in [0.15, 0.2) is 11.0 Å². The first-order chi connectivity index (χ1) is 15.5. The van der Waals surface area contributed by atoms with Gasteiger partial charge in [0.1, 0.15) is 5.75 Å². The van der Waals surface area contributed by atoms with Crippen LogP contribution in [0.1, 0.15) is 43.7 Å². The summed E-state index contributed by atoms with van der Waals surface area (Å²) in [6, 6.07) is 14.1. The van der Waals surface area contributed by atoms with Crippen molar-refractivity contribution >= 4 is 23.4 Å². The van der Waals surface area contributed by atoms with E-state index < -0.39 is 0 Å². The molecule has 168 valence electrons. The van der Waals surface area contributed by atoms with E-state index in [1.54, 1.807) is 0 Å². The van der Waals surface area contributed by atoms with Crippen molar-refractivity contribution in [3.05, 3.63) is 53.6 Å². The highest BCUT2D eigenvalue weighted by Gasteiger charge is 2.18. The van der Waals surface area contributed by atoms with Crippen LogP contribution in [0.25, 0.3) is 11.4 Å². The van der Waals surface area contributed by atoms with Gasteiger partial charge in [0.25, 0.3) is 0 Å². The number of nitrogens with one attached hydrogen (secondary N) is 1. The second-order valence-electron chi connectivity index (χ2n) is 8.20. The largest absolute Gasteiger partial charge is 0.490 e. The Bertz CT molecular complexity index is 1050. The number of aromatic nitrogens is 3. The first-order valence-corrected chi connectivity index (χ1v) is 12.2. The van der Waals surface area contributed by atoms with Crippen LogP contribution in [0.4, 0.5) is 5.69 Å². The van der Waals surface area contributed by atoms with Gasteiger partial charge >= 0.3 is 0 Å². The molecule has 0 radical (unpaired) electrons. The monoisotopic (exact) mass is 450 g/mol. The number of carbonyl (C=O) groups excluding carboxylic acids is 1. The van der Waals surface area contributed by atoms with Crippen LogP contribution >= 0.6 is 11.8 Å². The van der Waals surface area contributed by atoms with Crippen LogP contribution in [-0.2, 0) is 11.3 Å².